The molecule has 0 heterocycles. The van der Waals surface area contributed by atoms with E-state index in [4.69, 9.17) is 33.7 Å². The minimum Gasteiger partial charge on any atom is -0.457 e. The van der Waals surface area contributed by atoms with Crippen LogP contribution in [0.4, 0.5) is 5.69 Å². The zero-order valence-electron chi connectivity index (χ0n) is 9.21. The highest BCUT2D eigenvalue weighted by molar-refractivity contribution is 6.34. The van der Waals surface area contributed by atoms with E-state index in [0.717, 1.165) is 11.3 Å². The number of halogens is 2. The Balaban J connectivity index is 2.28. The molecule has 0 unspecified atom stereocenters. The van der Waals surface area contributed by atoms with Crippen molar-refractivity contribution in [2.45, 2.75) is 6.92 Å². The smallest absolute Gasteiger partial charge is 0.130 e. The molecule has 4 heteroatoms. The van der Waals surface area contributed by atoms with E-state index in [1.807, 2.05) is 13.0 Å². The van der Waals surface area contributed by atoms with Gasteiger partial charge in [0.15, 0.2) is 0 Å². The molecule has 0 fully saturated rings. The summed E-state index contributed by atoms with van der Waals surface area (Å²) < 4.78 is 5.65. The molecule has 0 spiro atoms. The molecule has 2 aromatic carbocycles. The van der Waals surface area contributed by atoms with Crippen LogP contribution < -0.4 is 10.5 Å². The minimum absolute atomic E-state index is 0.541. The molecule has 0 saturated heterocycles. The number of rotatable bonds is 2. The van der Waals surface area contributed by atoms with Gasteiger partial charge in [0.2, 0.25) is 0 Å². The molecular formula is C13H11Cl2NO. The van der Waals surface area contributed by atoms with Crippen molar-refractivity contribution in [3.05, 3.63) is 52.0 Å². The van der Waals surface area contributed by atoms with Gasteiger partial charge in [0.05, 0.1) is 0 Å². The summed E-state index contributed by atoms with van der Waals surface area (Å²) in [6, 6.07) is 10.5. The van der Waals surface area contributed by atoms with Crippen LogP contribution >= 0.6 is 23.2 Å². The molecule has 2 nitrogen and oxygen atoms in total. The highest BCUT2D eigenvalue weighted by atomic mass is 35.5. The Hall–Kier alpha value is -1.38. The van der Waals surface area contributed by atoms with Crippen molar-refractivity contribution in [2.24, 2.45) is 0 Å². The Morgan fingerprint density at radius 3 is 2.18 bits per heavy atom. The van der Waals surface area contributed by atoms with Crippen LogP contribution in [0.5, 0.6) is 11.5 Å². The molecular weight excluding hydrogens is 257 g/mol. The minimum atomic E-state index is 0.541. The van der Waals surface area contributed by atoms with Crippen LogP contribution in [0, 0.1) is 6.92 Å². The van der Waals surface area contributed by atoms with Gasteiger partial charge in [-0.05, 0) is 48.9 Å². The van der Waals surface area contributed by atoms with Crippen molar-refractivity contribution in [2.75, 3.05) is 5.73 Å². The first-order valence-electron chi connectivity index (χ1n) is 5.04. The van der Waals surface area contributed by atoms with Crippen molar-refractivity contribution in [3.8, 4) is 11.5 Å². The van der Waals surface area contributed by atoms with Gasteiger partial charge in [0.25, 0.3) is 0 Å². The molecule has 0 bridgehead atoms. The standard InChI is InChI=1S/C13H11Cl2NO/c1-8-4-11(2-3-13(8)16)17-12-6-9(14)5-10(15)7-12/h2-7H,16H2,1H3. The third kappa shape index (κ3) is 3.05. The van der Waals surface area contributed by atoms with Crippen LogP contribution in [0.1, 0.15) is 5.56 Å². The molecule has 0 radical (unpaired) electrons. The van der Waals surface area contributed by atoms with Crippen molar-refractivity contribution < 1.29 is 4.74 Å². The average molecular weight is 268 g/mol. The SMILES string of the molecule is Cc1cc(Oc2cc(Cl)cc(Cl)c2)ccc1N. The summed E-state index contributed by atoms with van der Waals surface area (Å²) in [6.45, 7) is 1.92. The first kappa shape index (κ1) is 12.1. The van der Waals surface area contributed by atoms with Crippen molar-refractivity contribution >= 4 is 28.9 Å². The highest BCUT2D eigenvalue weighted by Gasteiger charge is 2.02. The van der Waals surface area contributed by atoms with E-state index in [9.17, 15) is 0 Å². The maximum absolute atomic E-state index is 5.89. The van der Waals surface area contributed by atoms with Gasteiger partial charge in [0.1, 0.15) is 11.5 Å². The molecule has 0 atom stereocenters. The number of anilines is 1. The first-order chi connectivity index (χ1) is 8.04. The van der Waals surface area contributed by atoms with E-state index in [-0.39, 0.29) is 0 Å². The lowest BCUT2D eigenvalue weighted by atomic mass is 10.2. The van der Waals surface area contributed by atoms with Crippen molar-refractivity contribution in [1.82, 2.24) is 0 Å². The van der Waals surface area contributed by atoms with E-state index >= 15 is 0 Å². The molecule has 0 aliphatic heterocycles. The van der Waals surface area contributed by atoms with Crippen LogP contribution in [-0.2, 0) is 0 Å². The fourth-order valence-corrected chi connectivity index (χ4v) is 1.94. The molecule has 0 saturated carbocycles. The van der Waals surface area contributed by atoms with Crippen molar-refractivity contribution in [3.63, 3.8) is 0 Å². The molecule has 0 amide bonds. The van der Waals surface area contributed by atoms with Gasteiger partial charge in [-0.2, -0.15) is 0 Å². The third-order valence-electron chi connectivity index (χ3n) is 2.31. The summed E-state index contributed by atoms with van der Waals surface area (Å²) in [4.78, 5) is 0. The summed E-state index contributed by atoms with van der Waals surface area (Å²) >= 11 is 11.8. The van der Waals surface area contributed by atoms with Crippen LogP contribution in [-0.4, -0.2) is 0 Å². The van der Waals surface area contributed by atoms with E-state index in [1.54, 1.807) is 30.3 Å². The molecule has 0 aromatic heterocycles. The molecule has 2 aromatic rings. The molecule has 2 rings (SSSR count). The zero-order valence-corrected chi connectivity index (χ0v) is 10.7. The summed E-state index contributed by atoms with van der Waals surface area (Å²) in [5.74, 6) is 1.31. The molecule has 2 N–H and O–H groups in total. The second-order valence-electron chi connectivity index (χ2n) is 3.73. The maximum Gasteiger partial charge on any atom is 0.130 e. The predicted octanol–water partition coefficient (Wildman–Crippen LogP) is 4.68. The van der Waals surface area contributed by atoms with Gasteiger partial charge in [-0.1, -0.05) is 23.2 Å². The summed E-state index contributed by atoms with van der Waals surface area (Å²) in [5, 5.41) is 1.08. The van der Waals surface area contributed by atoms with Gasteiger partial charge in [-0.25, -0.2) is 0 Å². The van der Waals surface area contributed by atoms with E-state index in [0.29, 0.717) is 21.5 Å². The number of aryl methyl sites for hydroxylation is 1. The Morgan fingerprint density at radius 1 is 0.941 bits per heavy atom. The number of benzene rings is 2. The normalized spacial score (nSPS) is 10.3. The largest absolute Gasteiger partial charge is 0.457 e. The first-order valence-corrected chi connectivity index (χ1v) is 5.80. The van der Waals surface area contributed by atoms with E-state index in [1.165, 1.54) is 0 Å². The summed E-state index contributed by atoms with van der Waals surface area (Å²) in [5.41, 5.74) is 7.44. The van der Waals surface area contributed by atoms with Gasteiger partial charge in [-0.3, -0.25) is 0 Å². The van der Waals surface area contributed by atoms with Gasteiger partial charge in [-0.15, -0.1) is 0 Å². The third-order valence-corrected chi connectivity index (χ3v) is 2.75. The van der Waals surface area contributed by atoms with E-state index in [2.05, 4.69) is 0 Å². The lowest BCUT2D eigenvalue weighted by molar-refractivity contribution is 0.482. The maximum atomic E-state index is 5.89. The number of hydrogen-bond acceptors (Lipinski definition) is 2. The Morgan fingerprint density at radius 2 is 1.59 bits per heavy atom. The quantitative estimate of drug-likeness (QED) is 0.803. The van der Waals surface area contributed by atoms with Crippen LogP contribution in [0.25, 0.3) is 0 Å². The van der Waals surface area contributed by atoms with Crippen LogP contribution in [0.3, 0.4) is 0 Å². The van der Waals surface area contributed by atoms with Crippen molar-refractivity contribution in [1.29, 1.82) is 0 Å². The molecule has 0 aliphatic carbocycles. The van der Waals surface area contributed by atoms with E-state index < -0.39 is 0 Å². The van der Waals surface area contributed by atoms with Gasteiger partial charge in [0, 0.05) is 15.7 Å². The Bertz CT molecular complexity index is 535. The topological polar surface area (TPSA) is 35.2 Å². The number of nitrogen functional groups attached to an aromatic ring is 1. The average Bonchev–Trinajstić information content (AvgIpc) is 2.22. The van der Waals surface area contributed by atoms with Gasteiger partial charge >= 0.3 is 0 Å². The lowest BCUT2D eigenvalue weighted by Gasteiger charge is -2.08. The summed E-state index contributed by atoms with van der Waals surface area (Å²) in [6.07, 6.45) is 0. The number of ether oxygens (including phenoxy) is 1. The predicted molar refractivity (Wildman–Crippen MR) is 72.1 cm³/mol. The van der Waals surface area contributed by atoms with Crippen LogP contribution in [0.15, 0.2) is 36.4 Å². The highest BCUT2D eigenvalue weighted by Crippen LogP contribution is 2.29. The van der Waals surface area contributed by atoms with Gasteiger partial charge < -0.3 is 10.5 Å². The molecule has 88 valence electrons. The zero-order chi connectivity index (χ0) is 12.4. The fourth-order valence-electron chi connectivity index (χ4n) is 1.44. The Kier molecular flexibility index (Phi) is 3.46. The number of hydrogen-bond donors (Lipinski definition) is 1. The van der Waals surface area contributed by atoms with Crippen LogP contribution in [0.2, 0.25) is 10.0 Å². The Labute approximate surface area is 110 Å². The lowest BCUT2D eigenvalue weighted by Crippen LogP contribution is -1.90. The monoisotopic (exact) mass is 267 g/mol. The molecule has 17 heavy (non-hydrogen) atoms. The second-order valence-corrected chi connectivity index (χ2v) is 4.60. The molecule has 0 aliphatic rings. The number of nitrogens with two attached hydrogens (primary N) is 1. The second kappa shape index (κ2) is 4.86. The summed E-state index contributed by atoms with van der Waals surface area (Å²) in [7, 11) is 0. The fraction of sp³-hybridized carbons (Fsp3) is 0.0769.